The largest absolute Gasteiger partial charge is 0.334 e. The lowest BCUT2D eigenvalue weighted by Crippen LogP contribution is -2.45. The van der Waals surface area contributed by atoms with Crippen molar-refractivity contribution in [3.05, 3.63) is 18.0 Å². The summed E-state index contributed by atoms with van der Waals surface area (Å²) in [6, 6.07) is 2.08. The summed E-state index contributed by atoms with van der Waals surface area (Å²) in [5, 5.41) is 4.05. The van der Waals surface area contributed by atoms with Crippen LogP contribution in [0.1, 0.15) is 36.2 Å². The number of nitrogens with zero attached hydrogens (tertiary/aromatic N) is 3. The fourth-order valence-electron chi connectivity index (χ4n) is 2.49. The zero-order valence-corrected chi connectivity index (χ0v) is 11.5. The summed E-state index contributed by atoms with van der Waals surface area (Å²) in [6.07, 6.45) is 5.91. The van der Waals surface area contributed by atoms with Crippen molar-refractivity contribution in [3.63, 3.8) is 0 Å². The van der Waals surface area contributed by atoms with Crippen LogP contribution < -0.4 is 5.73 Å². The molecule has 6 heteroatoms. The maximum Gasteiger partial charge on any atom is 0.272 e. The van der Waals surface area contributed by atoms with Crippen LogP contribution in [0.25, 0.3) is 0 Å². The quantitative estimate of drug-likeness (QED) is 0.899. The lowest BCUT2D eigenvalue weighted by atomic mass is 9.99. The molecule has 2 rings (SSSR count). The van der Waals surface area contributed by atoms with Crippen LogP contribution in [-0.4, -0.2) is 39.7 Å². The van der Waals surface area contributed by atoms with Gasteiger partial charge in [0.05, 0.1) is 0 Å². The highest BCUT2D eigenvalue weighted by atomic mass is 35.5. The van der Waals surface area contributed by atoms with Crippen LogP contribution in [0.15, 0.2) is 12.3 Å². The Hall–Kier alpha value is -1.07. The van der Waals surface area contributed by atoms with Crippen LogP contribution in [0.4, 0.5) is 0 Å². The van der Waals surface area contributed by atoms with Crippen molar-refractivity contribution in [2.75, 3.05) is 13.1 Å². The zero-order chi connectivity index (χ0) is 12.3. The van der Waals surface area contributed by atoms with Crippen molar-refractivity contribution in [1.82, 2.24) is 14.7 Å². The molecule has 5 nitrogen and oxygen atoms in total. The van der Waals surface area contributed by atoms with E-state index in [0.717, 1.165) is 25.8 Å². The van der Waals surface area contributed by atoms with Gasteiger partial charge in [-0.1, -0.05) is 0 Å². The Morgan fingerprint density at radius 3 is 2.94 bits per heavy atom. The molecule has 0 saturated carbocycles. The molecule has 0 radical (unpaired) electrons. The first-order valence-corrected chi connectivity index (χ1v) is 6.23. The predicted octanol–water partition coefficient (Wildman–Crippen LogP) is 1.19. The molecule has 1 saturated heterocycles. The van der Waals surface area contributed by atoms with E-state index in [2.05, 4.69) is 5.10 Å². The van der Waals surface area contributed by atoms with Gasteiger partial charge in [-0.05, 0) is 38.3 Å². The maximum atomic E-state index is 12.4. The normalized spacial score (nSPS) is 19.4. The summed E-state index contributed by atoms with van der Waals surface area (Å²) >= 11 is 0. The van der Waals surface area contributed by atoms with Gasteiger partial charge in [-0.3, -0.25) is 9.48 Å². The van der Waals surface area contributed by atoms with Gasteiger partial charge < -0.3 is 10.6 Å². The molecular formula is C12H21ClN4O. The molecule has 0 bridgehead atoms. The number of aryl methyl sites for hydroxylation is 1. The van der Waals surface area contributed by atoms with Crippen molar-refractivity contribution in [3.8, 4) is 0 Å². The standard InChI is InChI=1S/C12H20N4O.ClH/c1-15-11(6-8-14-15)12(17)16-9-3-2-4-10(16)5-7-13;/h6,8,10H,2-5,7,9,13H2,1H3;1H. The van der Waals surface area contributed by atoms with E-state index in [1.165, 1.54) is 6.42 Å². The minimum atomic E-state index is 0. The Labute approximate surface area is 114 Å². The van der Waals surface area contributed by atoms with Crippen molar-refractivity contribution >= 4 is 18.3 Å². The van der Waals surface area contributed by atoms with Crippen LogP contribution in [0, 0.1) is 0 Å². The average molecular weight is 273 g/mol. The van der Waals surface area contributed by atoms with Gasteiger partial charge in [0, 0.05) is 25.8 Å². The highest BCUT2D eigenvalue weighted by molar-refractivity contribution is 5.92. The van der Waals surface area contributed by atoms with Crippen LogP contribution in [0.3, 0.4) is 0 Å². The van der Waals surface area contributed by atoms with E-state index in [1.54, 1.807) is 24.0 Å². The highest BCUT2D eigenvalue weighted by Gasteiger charge is 2.28. The third-order valence-electron chi connectivity index (χ3n) is 3.43. The minimum Gasteiger partial charge on any atom is -0.334 e. The molecule has 0 aromatic carbocycles. The monoisotopic (exact) mass is 272 g/mol. The number of carbonyl (C=O) groups excluding carboxylic acids is 1. The van der Waals surface area contributed by atoms with E-state index in [9.17, 15) is 4.79 Å². The van der Waals surface area contributed by atoms with Gasteiger partial charge in [0.25, 0.3) is 5.91 Å². The summed E-state index contributed by atoms with van der Waals surface area (Å²) in [5.74, 6) is 0.0863. The first-order chi connectivity index (χ1) is 8.24. The smallest absolute Gasteiger partial charge is 0.272 e. The summed E-state index contributed by atoms with van der Waals surface area (Å²) in [5.41, 5.74) is 6.28. The molecule has 1 fully saturated rings. The number of piperidine rings is 1. The number of nitrogens with two attached hydrogens (primary N) is 1. The molecule has 102 valence electrons. The molecule has 1 atom stereocenters. The lowest BCUT2D eigenvalue weighted by Gasteiger charge is -2.35. The fourth-order valence-corrected chi connectivity index (χ4v) is 2.49. The molecule has 1 unspecified atom stereocenters. The number of aromatic nitrogens is 2. The van der Waals surface area contributed by atoms with E-state index in [4.69, 9.17) is 5.73 Å². The maximum absolute atomic E-state index is 12.4. The molecule has 0 aliphatic carbocycles. The Morgan fingerprint density at radius 2 is 2.33 bits per heavy atom. The van der Waals surface area contributed by atoms with Gasteiger partial charge in [0.15, 0.2) is 0 Å². The number of carbonyl (C=O) groups is 1. The second kappa shape index (κ2) is 6.75. The van der Waals surface area contributed by atoms with Crippen LogP contribution >= 0.6 is 12.4 Å². The number of rotatable bonds is 3. The lowest BCUT2D eigenvalue weighted by molar-refractivity contribution is 0.0593. The Balaban J connectivity index is 0.00000162. The summed E-state index contributed by atoms with van der Waals surface area (Å²) in [6.45, 7) is 1.48. The van der Waals surface area contributed by atoms with E-state index in [0.29, 0.717) is 18.3 Å². The molecule has 1 amide bonds. The van der Waals surface area contributed by atoms with E-state index in [1.807, 2.05) is 4.90 Å². The predicted molar refractivity (Wildman–Crippen MR) is 72.8 cm³/mol. The van der Waals surface area contributed by atoms with Crippen molar-refractivity contribution in [2.24, 2.45) is 12.8 Å². The van der Waals surface area contributed by atoms with Crippen molar-refractivity contribution in [1.29, 1.82) is 0 Å². The second-order valence-electron chi connectivity index (χ2n) is 4.57. The van der Waals surface area contributed by atoms with Gasteiger partial charge in [0.1, 0.15) is 5.69 Å². The van der Waals surface area contributed by atoms with Gasteiger partial charge in [0.2, 0.25) is 0 Å². The van der Waals surface area contributed by atoms with Crippen molar-refractivity contribution < 1.29 is 4.79 Å². The summed E-state index contributed by atoms with van der Waals surface area (Å²) in [4.78, 5) is 14.4. The molecule has 1 aliphatic heterocycles. The minimum absolute atomic E-state index is 0. The average Bonchev–Trinajstić information content (AvgIpc) is 2.76. The number of halogens is 1. The van der Waals surface area contributed by atoms with Crippen LogP contribution in [0.2, 0.25) is 0 Å². The molecule has 2 N–H and O–H groups in total. The van der Waals surface area contributed by atoms with Gasteiger partial charge >= 0.3 is 0 Å². The van der Waals surface area contributed by atoms with Gasteiger partial charge in [-0.2, -0.15) is 5.10 Å². The third-order valence-corrected chi connectivity index (χ3v) is 3.43. The summed E-state index contributed by atoms with van der Waals surface area (Å²) in [7, 11) is 1.80. The third kappa shape index (κ3) is 3.03. The number of hydrogen-bond donors (Lipinski definition) is 1. The molecule has 1 aromatic heterocycles. The molecule has 0 spiro atoms. The van der Waals surface area contributed by atoms with Crippen LogP contribution in [0.5, 0.6) is 0 Å². The zero-order valence-electron chi connectivity index (χ0n) is 10.7. The van der Waals surface area contributed by atoms with Crippen molar-refractivity contribution in [2.45, 2.75) is 31.7 Å². The number of likely N-dealkylation sites (tertiary alicyclic amines) is 1. The second-order valence-corrected chi connectivity index (χ2v) is 4.57. The van der Waals surface area contributed by atoms with E-state index in [-0.39, 0.29) is 18.3 Å². The first-order valence-electron chi connectivity index (χ1n) is 6.23. The number of amides is 1. The van der Waals surface area contributed by atoms with E-state index < -0.39 is 0 Å². The molecule has 18 heavy (non-hydrogen) atoms. The molecule has 1 aliphatic rings. The summed E-state index contributed by atoms with van der Waals surface area (Å²) < 4.78 is 1.64. The van der Waals surface area contributed by atoms with Gasteiger partial charge in [-0.25, -0.2) is 0 Å². The van der Waals surface area contributed by atoms with Gasteiger partial charge in [-0.15, -0.1) is 12.4 Å². The highest BCUT2D eigenvalue weighted by Crippen LogP contribution is 2.21. The Bertz CT molecular complexity index is 391. The fraction of sp³-hybridized carbons (Fsp3) is 0.667. The topological polar surface area (TPSA) is 64.2 Å². The first kappa shape index (κ1) is 15.0. The molecule has 1 aromatic rings. The Kier molecular flexibility index (Phi) is 5.62. The van der Waals surface area contributed by atoms with E-state index >= 15 is 0 Å². The Morgan fingerprint density at radius 1 is 1.56 bits per heavy atom. The molecule has 2 heterocycles. The number of hydrogen-bond acceptors (Lipinski definition) is 3. The SMILES string of the molecule is Cl.Cn1nccc1C(=O)N1CCCCC1CCN. The van der Waals surface area contributed by atoms with Crippen LogP contribution in [-0.2, 0) is 7.05 Å². The molecular weight excluding hydrogens is 252 g/mol.